The largest absolute Gasteiger partial charge is 0.383 e. The summed E-state index contributed by atoms with van der Waals surface area (Å²) in [7, 11) is 0. The van der Waals surface area contributed by atoms with Gasteiger partial charge in [-0.15, -0.1) is 0 Å². The lowest BCUT2D eigenvalue weighted by molar-refractivity contribution is 0.194. The number of hydrogen-bond acceptors (Lipinski definition) is 5. The van der Waals surface area contributed by atoms with E-state index in [4.69, 9.17) is 10.5 Å². The predicted octanol–water partition coefficient (Wildman–Crippen LogP) is 2.89. The van der Waals surface area contributed by atoms with Crippen LogP contribution in [0, 0.1) is 18.3 Å². The van der Waals surface area contributed by atoms with E-state index in [-0.39, 0.29) is 11.7 Å². The zero-order valence-electron chi connectivity index (χ0n) is 13.3. The van der Waals surface area contributed by atoms with E-state index in [0.29, 0.717) is 30.3 Å². The molecule has 4 rings (SSSR count). The summed E-state index contributed by atoms with van der Waals surface area (Å²) < 4.78 is 5.46. The number of rotatable bonds is 2. The number of ether oxygens (including phenoxy) is 1. The van der Waals surface area contributed by atoms with Crippen LogP contribution < -0.4 is 5.73 Å². The fraction of sp³-hybridized carbons (Fsp3) is 0.278. The second kappa shape index (κ2) is 5.62. The first kappa shape index (κ1) is 14.7. The van der Waals surface area contributed by atoms with Gasteiger partial charge in [-0.05, 0) is 42.7 Å². The highest BCUT2D eigenvalue weighted by atomic mass is 16.5. The van der Waals surface area contributed by atoms with Gasteiger partial charge in [0.1, 0.15) is 17.6 Å². The molecule has 6 nitrogen and oxygen atoms in total. The second-order valence-electron chi connectivity index (χ2n) is 6.14. The molecule has 3 heterocycles. The number of nitriles is 1. The number of nitrogens with two attached hydrogens (primary N) is 1. The Bertz CT molecular complexity index is 963. The predicted molar refractivity (Wildman–Crippen MR) is 91.4 cm³/mol. The van der Waals surface area contributed by atoms with Crippen LogP contribution in [0.3, 0.4) is 0 Å². The minimum atomic E-state index is 0.176. The van der Waals surface area contributed by atoms with Crippen molar-refractivity contribution >= 4 is 16.9 Å². The molecule has 0 bridgehead atoms. The lowest BCUT2D eigenvalue weighted by atomic mass is 9.94. The third-order valence-corrected chi connectivity index (χ3v) is 4.44. The summed E-state index contributed by atoms with van der Waals surface area (Å²) in [6.07, 6.45) is 0.886. The number of nitrogens with one attached hydrogen (secondary N) is 1. The number of imidazole rings is 1. The summed E-state index contributed by atoms with van der Waals surface area (Å²) in [5.41, 5.74) is 11.0. The van der Waals surface area contributed by atoms with Crippen LogP contribution in [0.5, 0.6) is 0 Å². The fourth-order valence-corrected chi connectivity index (χ4v) is 3.17. The Morgan fingerprint density at radius 1 is 1.33 bits per heavy atom. The maximum absolute atomic E-state index is 9.43. The van der Waals surface area contributed by atoms with Gasteiger partial charge in [-0.1, -0.05) is 6.07 Å². The monoisotopic (exact) mass is 319 g/mol. The van der Waals surface area contributed by atoms with E-state index in [1.54, 1.807) is 0 Å². The molecule has 0 amide bonds. The number of hydrogen-bond donors (Lipinski definition) is 2. The molecule has 0 unspecified atom stereocenters. The lowest BCUT2D eigenvalue weighted by Gasteiger charge is -2.13. The molecule has 3 N–H and O–H groups in total. The Balaban J connectivity index is 1.86. The zero-order valence-corrected chi connectivity index (χ0v) is 13.3. The van der Waals surface area contributed by atoms with Crippen LogP contribution in [-0.4, -0.2) is 28.2 Å². The van der Waals surface area contributed by atoms with Crippen molar-refractivity contribution in [3.8, 4) is 17.6 Å². The van der Waals surface area contributed by atoms with Gasteiger partial charge in [0.15, 0.2) is 5.82 Å². The molecule has 6 heteroatoms. The smallest absolute Gasteiger partial charge is 0.157 e. The van der Waals surface area contributed by atoms with Gasteiger partial charge in [0.05, 0.1) is 23.2 Å². The first-order valence-corrected chi connectivity index (χ1v) is 7.90. The van der Waals surface area contributed by atoms with Crippen LogP contribution in [0.2, 0.25) is 0 Å². The number of aromatic nitrogens is 3. The summed E-state index contributed by atoms with van der Waals surface area (Å²) in [5, 5.41) is 9.43. The van der Waals surface area contributed by atoms with Gasteiger partial charge in [-0.2, -0.15) is 5.26 Å². The van der Waals surface area contributed by atoms with Gasteiger partial charge in [0, 0.05) is 12.5 Å². The Kier molecular flexibility index (Phi) is 3.44. The molecule has 1 aliphatic heterocycles. The van der Waals surface area contributed by atoms with Crippen LogP contribution in [0.4, 0.5) is 5.82 Å². The molecule has 3 aromatic rings. The van der Waals surface area contributed by atoms with Crippen molar-refractivity contribution in [3.63, 3.8) is 0 Å². The molecule has 1 fully saturated rings. The van der Waals surface area contributed by atoms with Crippen molar-refractivity contribution in [1.29, 1.82) is 5.26 Å². The maximum atomic E-state index is 9.43. The van der Waals surface area contributed by atoms with Crippen LogP contribution in [-0.2, 0) is 4.74 Å². The molecule has 1 aromatic carbocycles. The molecule has 1 saturated heterocycles. The van der Waals surface area contributed by atoms with E-state index in [0.717, 1.165) is 28.6 Å². The standard InChI is InChI=1S/C18H17N5O/c1-10-2-3-14-15(6-10)23-18(22-14)16-7-12(11-4-5-24-9-11)13(8-19)17(20)21-16/h2-3,6-7,11H,4-5,9H2,1H3,(H2,20,21)(H,22,23)/t11-/m0/s1. The van der Waals surface area contributed by atoms with Crippen molar-refractivity contribution in [2.45, 2.75) is 19.3 Å². The number of nitrogen functional groups attached to an aromatic ring is 1. The summed E-state index contributed by atoms with van der Waals surface area (Å²) in [6.45, 7) is 3.35. The number of nitrogens with zero attached hydrogens (tertiary/aromatic N) is 3. The van der Waals surface area contributed by atoms with Crippen molar-refractivity contribution < 1.29 is 4.74 Å². The van der Waals surface area contributed by atoms with E-state index in [2.05, 4.69) is 21.0 Å². The molecule has 1 aliphatic rings. The van der Waals surface area contributed by atoms with Crippen LogP contribution in [0.1, 0.15) is 29.0 Å². The molecular formula is C18H17N5O. The van der Waals surface area contributed by atoms with Crippen molar-refractivity contribution in [3.05, 3.63) is 41.0 Å². The number of benzene rings is 1. The first-order chi connectivity index (χ1) is 11.7. The average molecular weight is 319 g/mol. The average Bonchev–Trinajstić information content (AvgIpc) is 3.23. The van der Waals surface area contributed by atoms with Crippen LogP contribution >= 0.6 is 0 Å². The highest BCUT2D eigenvalue weighted by Gasteiger charge is 2.24. The van der Waals surface area contributed by atoms with E-state index in [9.17, 15) is 5.26 Å². The topological polar surface area (TPSA) is 101 Å². The summed E-state index contributed by atoms with van der Waals surface area (Å²) in [5.74, 6) is 1.08. The Morgan fingerprint density at radius 2 is 2.21 bits per heavy atom. The fourth-order valence-electron chi connectivity index (χ4n) is 3.17. The lowest BCUT2D eigenvalue weighted by Crippen LogP contribution is -2.07. The number of aromatic amines is 1. The Labute approximate surface area is 139 Å². The molecule has 0 saturated carbocycles. The highest BCUT2D eigenvalue weighted by molar-refractivity contribution is 5.80. The maximum Gasteiger partial charge on any atom is 0.157 e. The van der Waals surface area contributed by atoms with Crippen LogP contribution in [0.25, 0.3) is 22.6 Å². The molecule has 24 heavy (non-hydrogen) atoms. The minimum Gasteiger partial charge on any atom is -0.383 e. The van der Waals surface area contributed by atoms with Gasteiger partial charge in [0.25, 0.3) is 0 Å². The number of H-pyrrole nitrogens is 1. The second-order valence-corrected chi connectivity index (χ2v) is 6.14. The molecule has 0 aliphatic carbocycles. The SMILES string of the molecule is Cc1ccc2nc(-c3cc([C@H]4CCOC4)c(C#N)c(N)n3)[nH]c2c1. The first-order valence-electron chi connectivity index (χ1n) is 7.90. The Morgan fingerprint density at radius 3 is 2.96 bits per heavy atom. The third kappa shape index (κ3) is 2.39. The van der Waals surface area contributed by atoms with Crippen LogP contribution in [0.15, 0.2) is 24.3 Å². The number of pyridine rings is 1. The molecule has 2 aromatic heterocycles. The van der Waals surface area contributed by atoms with Gasteiger partial charge in [-0.25, -0.2) is 9.97 Å². The zero-order chi connectivity index (χ0) is 16.7. The summed E-state index contributed by atoms with van der Waals surface area (Å²) in [6, 6.07) is 10.1. The molecule has 0 radical (unpaired) electrons. The minimum absolute atomic E-state index is 0.176. The van der Waals surface area contributed by atoms with E-state index in [1.165, 1.54) is 0 Å². The summed E-state index contributed by atoms with van der Waals surface area (Å²) in [4.78, 5) is 12.3. The van der Waals surface area contributed by atoms with Crippen molar-refractivity contribution in [2.24, 2.45) is 0 Å². The van der Waals surface area contributed by atoms with Crippen molar-refractivity contribution in [2.75, 3.05) is 18.9 Å². The Hall–Kier alpha value is -2.91. The highest BCUT2D eigenvalue weighted by Crippen LogP contribution is 2.32. The van der Waals surface area contributed by atoms with E-state index < -0.39 is 0 Å². The third-order valence-electron chi connectivity index (χ3n) is 4.44. The number of fused-ring (bicyclic) bond motifs is 1. The van der Waals surface area contributed by atoms with Gasteiger partial charge in [0.2, 0.25) is 0 Å². The van der Waals surface area contributed by atoms with Crippen molar-refractivity contribution in [1.82, 2.24) is 15.0 Å². The normalized spacial score (nSPS) is 17.2. The number of aryl methyl sites for hydroxylation is 1. The van der Waals surface area contributed by atoms with Gasteiger partial charge < -0.3 is 15.5 Å². The molecule has 0 spiro atoms. The molecule has 1 atom stereocenters. The van der Waals surface area contributed by atoms with E-state index >= 15 is 0 Å². The summed E-state index contributed by atoms with van der Waals surface area (Å²) >= 11 is 0. The van der Waals surface area contributed by atoms with Gasteiger partial charge in [-0.3, -0.25) is 0 Å². The molecular weight excluding hydrogens is 302 g/mol. The molecule has 120 valence electrons. The quantitative estimate of drug-likeness (QED) is 0.756. The number of anilines is 1. The van der Waals surface area contributed by atoms with Gasteiger partial charge >= 0.3 is 0 Å². The van der Waals surface area contributed by atoms with E-state index in [1.807, 2.05) is 31.2 Å².